The maximum absolute atomic E-state index is 12.4. The van der Waals surface area contributed by atoms with Crippen LogP contribution in [0.25, 0.3) is 0 Å². The first-order chi connectivity index (χ1) is 10.7. The molecule has 0 bridgehead atoms. The van der Waals surface area contributed by atoms with Gasteiger partial charge in [-0.2, -0.15) is 10.5 Å². The molecule has 0 radical (unpaired) electrons. The third-order valence-corrected chi connectivity index (χ3v) is 3.83. The Kier molecular flexibility index (Phi) is 5.31. The topological polar surface area (TPSA) is 64.7 Å². The molecule has 0 saturated carbocycles. The van der Waals surface area contributed by atoms with Crippen molar-refractivity contribution in [3.05, 3.63) is 70.7 Å². The number of Topliss-reactive ketones (excluding diaryl/α,β-unsaturated/α-hetero) is 1. The van der Waals surface area contributed by atoms with Crippen molar-refractivity contribution >= 4 is 17.4 Å². The van der Waals surface area contributed by atoms with Crippen LogP contribution in [0.4, 0.5) is 0 Å². The van der Waals surface area contributed by atoms with Crippen molar-refractivity contribution in [3.8, 4) is 12.1 Å². The van der Waals surface area contributed by atoms with Crippen molar-refractivity contribution < 1.29 is 4.79 Å². The highest BCUT2D eigenvalue weighted by Crippen LogP contribution is 2.33. The van der Waals surface area contributed by atoms with E-state index < -0.39 is 11.8 Å². The summed E-state index contributed by atoms with van der Waals surface area (Å²) >= 11 is 6.18. The molecule has 0 N–H and O–H groups in total. The smallest absolute Gasteiger partial charge is 0.163 e. The second-order valence-corrected chi connectivity index (χ2v) is 5.26. The Labute approximate surface area is 134 Å². The summed E-state index contributed by atoms with van der Waals surface area (Å²) in [6, 6.07) is 19.8. The molecule has 2 rings (SSSR count). The minimum absolute atomic E-state index is 0.0690. The van der Waals surface area contributed by atoms with Crippen LogP contribution in [0.3, 0.4) is 0 Å². The average Bonchev–Trinajstić information content (AvgIpc) is 2.56. The molecule has 2 aromatic carbocycles. The molecule has 1 atom stereocenters. The van der Waals surface area contributed by atoms with Crippen LogP contribution in [0.2, 0.25) is 5.02 Å². The fraction of sp³-hybridized carbons (Fsp3) is 0.167. The predicted octanol–water partition coefficient (Wildman–Crippen LogP) is 4.36. The molecule has 0 aromatic heterocycles. The van der Waals surface area contributed by atoms with Gasteiger partial charge in [-0.1, -0.05) is 60.1 Å². The molecule has 1 unspecified atom stereocenters. The van der Waals surface area contributed by atoms with E-state index in [1.807, 2.05) is 18.2 Å². The number of hydrogen-bond acceptors (Lipinski definition) is 3. The molecule has 0 fully saturated rings. The lowest BCUT2D eigenvalue weighted by atomic mass is 9.83. The van der Waals surface area contributed by atoms with Gasteiger partial charge in [0.15, 0.2) is 5.78 Å². The van der Waals surface area contributed by atoms with Gasteiger partial charge in [-0.3, -0.25) is 4.79 Å². The number of carbonyl (C=O) groups excluding carboxylic acids is 1. The number of benzene rings is 2. The van der Waals surface area contributed by atoms with Gasteiger partial charge in [-0.25, -0.2) is 0 Å². The van der Waals surface area contributed by atoms with E-state index in [4.69, 9.17) is 11.6 Å². The molecule has 0 amide bonds. The van der Waals surface area contributed by atoms with Crippen LogP contribution < -0.4 is 0 Å². The third-order valence-electron chi connectivity index (χ3n) is 3.49. The van der Waals surface area contributed by atoms with Crippen LogP contribution in [0, 0.1) is 28.6 Å². The normalized spacial score (nSPS) is 11.5. The summed E-state index contributed by atoms with van der Waals surface area (Å²) in [5.41, 5.74) is 1.22. The van der Waals surface area contributed by atoms with Crippen molar-refractivity contribution in [1.29, 1.82) is 10.5 Å². The Morgan fingerprint density at radius 1 is 1.00 bits per heavy atom. The minimum atomic E-state index is -0.924. The van der Waals surface area contributed by atoms with E-state index in [1.54, 1.807) is 48.5 Å². The highest BCUT2D eigenvalue weighted by molar-refractivity contribution is 6.31. The number of nitrogens with zero attached hydrogens (tertiary/aromatic N) is 2. The van der Waals surface area contributed by atoms with Crippen molar-refractivity contribution in [2.75, 3.05) is 0 Å². The van der Waals surface area contributed by atoms with E-state index in [2.05, 4.69) is 0 Å². The Bertz CT molecular complexity index is 730. The molecule has 2 aromatic rings. The zero-order valence-electron chi connectivity index (χ0n) is 11.7. The molecule has 0 saturated heterocycles. The molecule has 3 nitrogen and oxygen atoms in total. The Morgan fingerprint density at radius 2 is 1.59 bits per heavy atom. The maximum atomic E-state index is 12.4. The van der Waals surface area contributed by atoms with Crippen LogP contribution in [-0.4, -0.2) is 5.78 Å². The molecular formula is C18H13ClN2O. The maximum Gasteiger partial charge on any atom is 0.163 e. The first-order valence-electron chi connectivity index (χ1n) is 6.79. The van der Waals surface area contributed by atoms with Gasteiger partial charge in [0, 0.05) is 22.9 Å². The van der Waals surface area contributed by atoms with Crippen LogP contribution in [0.15, 0.2) is 54.6 Å². The fourth-order valence-electron chi connectivity index (χ4n) is 2.33. The molecular weight excluding hydrogens is 296 g/mol. The molecule has 0 aliphatic rings. The van der Waals surface area contributed by atoms with Gasteiger partial charge in [0.25, 0.3) is 0 Å². The number of carbonyl (C=O) groups is 1. The summed E-state index contributed by atoms with van der Waals surface area (Å²) in [6.07, 6.45) is 0.0690. The molecule has 22 heavy (non-hydrogen) atoms. The van der Waals surface area contributed by atoms with Gasteiger partial charge in [-0.15, -0.1) is 0 Å². The van der Waals surface area contributed by atoms with Crippen LogP contribution in [0.5, 0.6) is 0 Å². The van der Waals surface area contributed by atoms with E-state index in [0.29, 0.717) is 16.1 Å². The summed E-state index contributed by atoms with van der Waals surface area (Å²) in [5.74, 6) is -1.58. The minimum Gasteiger partial charge on any atom is -0.294 e. The van der Waals surface area contributed by atoms with Crippen molar-refractivity contribution in [1.82, 2.24) is 0 Å². The summed E-state index contributed by atoms with van der Waals surface area (Å²) in [4.78, 5) is 12.4. The predicted molar refractivity (Wildman–Crippen MR) is 84.3 cm³/mol. The number of ketones is 1. The Morgan fingerprint density at radius 3 is 2.18 bits per heavy atom. The molecule has 0 aliphatic carbocycles. The Balaban J connectivity index is 2.35. The van der Waals surface area contributed by atoms with Gasteiger partial charge < -0.3 is 0 Å². The van der Waals surface area contributed by atoms with Gasteiger partial charge in [0.2, 0.25) is 0 Å². The highest BCUT2D eigenvalue weighted by atomic mass is 35.5. The molecule has 0 aliphatic heterocycles. The highest BCUT2D eigenvalue weighted by Gasteiger charge is 2.27. The lowest BCUT2D eigenvalue weighted by Crippen LogP contribution is -2.15. The zero-order valence-corrected chi connectivity index (χ0v) is 12.5. The van der Waals surface area contributed by atoms with Crippen LogP contribution in [0.1, 0.15) is 28.3 Å². The number of halogens is 1. The number of nitriles is 2. The number of rotatable bonds is 5. The van der Waals surface area contributed by atoms with E-state index in [1.165, 1.54) is 0 Å². The van der Waals surface area contributed by atoms with Gasteiger partial charge in [0.1, 0.15) is 5.92 Å². The Hall–Kier alpha value is -2.62. The van der Waals surface area contributed by atoms with E-state index in [-0.39, 0.29) is 12.2 Å². The lowest BCUT2D eigenvalue weighted by molar-refractivity contribution is 0.0971. The molecule has 108 valence electrons. The largest absolute Gasteiger partial charge is 0.294 e. The lowest BCUT2D eigenvalue weighted by Gasteiger charge is -2.18. The van der Waals surface area contributed by atoms with Gasteiger partial charge in [0.05, 0.1) is 12.1 Å². The fourth-order valence-corrected chi connectivity index (χ4v) is 2.61. The first kappa shape index (κ1) is 15.8. The molecule has 4 heteroatoms. The first-order valence-corrected chi connectivity index (χ1v) is 7.17. The molecule has 0 spiro atoms. The quantitative estimate of drug-likeness (QED) is 0.771. The van der Waals surface area contributed by atoms with E-state index in [0.717, 1.165) is 0 Å². The van der Waals surface area contributed by atoms with Crippen molar-refractivity contribution in [2.45, 2.75) is 12.3 Å². The van der Waals surface area contributed by atoms with Gasteiger partial charge in [-0.05, 0) is 11.6 Å². The summed E-state index contributed by atoms with van der Waals surface area (Å²) in [7, 11) is 0. The standard InChI is InChI=1S/C18H13ClN2O/c19-17-9-5-4-8-15(17)16(14(11-20)12-21)10-18(22)13-6-2-1-3-7-13/h1-9,14,16H,10H2. The zero-order chi connectivity index (χ0) is 15.9. The monoisotopic (exact) mass is 308 g/mol. The second kappa shape index (κ2) is 7.41. The van der Waals surface area contributed by atoms with Crippen LogP contribution in [-0.2, 0) is 0 Å². The van der Waals surface area contributed by atoms with Gasteiger partial charge >= 0.3 is 0 Å². The SMILES string of the molecule is N#CC(C#N)C(CC(=O)c1ccccc1)c1ccccc1Cl. The summed E-state index contributed by atoms with van der Waals surface area (Å²) in [5, 5.41) is 18.9. The van der Waals surface area contributed by atoms with E-state index >= 15 is 0 Å². The van der Waals surface area contributed by atoms with E-state index in [9.17, 15) is 15.3 Å². The number of hydrogen-bond donors (Lipinski definition) is 0. The summed E-state index contributed by atoms with van der Waals surface area (Å²) < 4.78 is 0. The second-order valence-electron chi connectivity index (χ2n) is 4.86. The van der Waals surface area contributed by atoms with Crippen LogP contribution >= 0.6 is 11.6 Å². The van der Waals surface area contributed by atoms with Crippen molar-refractivity contribution in [3.63, 3.8) is 0 Å². The van der Waals surface area contributed by atoms with Crippen molar-refractivity contribution in [2.24, 2.45) is 5.92 Å². The molecule has 0 heterocycles. The average molecular weight is 309 g/mol. The summed E-state index contributed by atoms with van der Waals surface area (Å²) in [6.45, 7) is 0. The third kappa shape index (κ3) is 3.52.